The number of fused-ring (bicyclic) bond motifs is 1. The molecule has 0 saturated heterocycles. The van der Waals surface area contributed by atoms with Crippen LogP contribution in [0.2, 0.25) is 5.02 Å². The Labute approximate surface area is 135 Å². The number of anilines is 1. The first-order chi connectivity index (χ1) is 10.7. The molecule has 0 aliphatic heterocycles. The van der Waals surface area contributed by atoms with E-state index >= 15 is 0 Å². The largest absolute Gasteiger partial charge is 0.369 e. The van der Waals surface area contributed by atoms with E-state index in [9.17, 15) is 5.26 Å². The lowest BCUT2D eigenvalue weighted by atomic mass is 10.1. The maximum Gasteiger partial charge on any atom is 0.128 e. The number of hydrogen-bond donors (Lipinski definition) is 1. The van der Waals surface area contributed by atoms with E-state index in [1.807, 2.05) is 6.07 Å². The van der Waals surface area contributed by atoms with E-state index in [1.165, 1.54) is 12.8 Å². The van der Waals surface area contributed by atoms with Gasteiger partial charge in [-0.2, -0.15) is 5.26 Å². The maximum atomic E-state index is 9.33. The van der Waals surface area contributed by atoms with Gasteiger partial charge in [0.1, 0.15) is 5.82 Å². The van der Waals surface area contributed by atoms with Gasteiger partial charge >= 0.3 is 0 Å². The lowest BCUT2D eigenvalue weighted by Gasteiger charge is -2.20. The van der Waals surface area contributed by atoms with E-state index in [0.717, 1.165) is 42.4 Å². The van der Waals surface area contributed by atoms with Gasteiger partial charge in [0, 0.05) is 29.5 Å². The highest BCUT2D eigenvalue weighted by atomic mass is 35.5. The molecule has 0 bridgehead atoms. The molecule has 0 spiro atoms. The second-order valence-corrected chi connectivity index (χ2v) is 6.05. The molecule has 1 aromatic heterocycles. The van der Waals surface area contributed by atoms with Crippen molar-refractivity contribution in [1.82, 2.24) is 9.88 Å². The molecule has 3 rings (SSSR count). The molecule has 114 valence electrons. The zero-order valence-corrected chi connectivity index (χ0v) is 13.4. The Morgan fingerprint density at radius 1 is 1.41 bits per heavy atom. The Kier molecular flexibility index (Phi) is 4.47. The number of benzene rings is 1. The van der Waals surface area contributed by atoms with Crippen molar-refractivity contribution < 1.29 is 0 Å². The molecule has 1 aromatic carbocycles. The van der Waals surface area contributed by atoms with Crippen molar-refractivity contribution in [3.8, 4) is 6.07 Å². The Hall–Kier alpha value is -1.83. The maximum absolute atomic E-state index is 9.33. The van der Waals surface area contributed by atoms with Crippen LogP contribution in [0.15, 0.2) is 24.3 Å². The second kappa shape index (κ2) is 6.51. The normalized spacial score (nSPS) is 14.3. The average molecular weight is 315 g/mol. The minimum absolute atomic E-state index is 0.601. The molecule has 22 heavy (non-hydrogen) atoms. The number of likely N-dealkylation sites (N-methyl/N-ethyl adjacent to an activating group) is 1. The Bertz CT molecular complexity index is 718. The Morgan fingerprint density at radius 2 is 2.23 bits per heavy atom. The van der Waals surface area contributed by atoms with Gasteiger partial charge in [0.15, 0.2) is 0 Å². The molecule has 1 saturated carbocycles. The molecule has 5 heteroatoms. The molecular weight excluding hydrogens is 296 g/mol. The van der Waals surface area contributed by atoms with Crippen molar-refractivity contribution in [2.24, 2.45) is 0 Å². The molecule has 0 radical (unpaired) electrons. The van der Waals surface area contributed by atoms with Gasteiger partial charge in [-0.1, -0.05) is 18.5 Å². The number of hydrogen-bond acceptors (Lipinski definition) is 4. The summed E-state index contributed by atoms with van der Waals surface area (Å²) >= 11 is 6.00. The minimum atomic E-state index is 0.601. The van der Waals surface area contributed by atoms with Crippen LogP contribution in [0.4, 0.5) is 5.82 Å². The summed E-state index contributed by atoms with van der Waals surface area (Å²) in [6, 6.07) is 10.2. The van der Waals surface area contributed by atoms with Gasteiger partial charge in [0.05, 0.1) is 17.1 Å². The van der Waals surface area contributed by atoms with Crippen LogP contribution < -0.4 is 5.32 Å². The SMILES string of the molecule is CCN(CCNc1cc(C#N)c2cc(Cl)ccc2n1)C1CC1. The second-order valence-electron chi connectivity index (χ2n) is 5.61. The minimum Gasteiger partial charge on any atom is -0.369 e. The number of nitrogens with one attached hydrogen (secondary N) is 1. The van der Waals surface area contributed by atoms with Crippen LogP contribution in [0, 0.1) is 11.3 Å². The summed E-state index contributed by atoms with van der Waals surface area (Å²) in [5.74, 6) is 0.748. The molecule has 0 atom stereocenters. The fraction of sp³-hybridized carbons (Fsp3) is 0.412. The van der Waals surface area contributed by atoms with E-state index in [1.54, 1.807) is 18.2 Å². The van der Waals surface area contributed by atoms with Crippen LogP contribution in [-0.2, 0) is 0 Å². The van der Waals surface area contributed by atoms with Crippen molar-refractivity contribution in [2.75, 3.05) is 25.0 Å². The van der Waals surface area contributed by atoms with Gasteiger partial charge in [-0.05, 0) is 43.7 Å². The number of halogens is 1. The van der Waals surface area contributed by atoms with Gasteiger partial charge in [-0.3, -0.25) is 4.90 Å². The van der Waals surface area contributed by atoms with E-state index in [4.69, 9.17) is 11.6 Å². The summed E-state index contributed by atoms with van der Waals surface area (Å²) in [5, 5.41) is 14.1. The topological polar surface area (TPSA) is 52.0 Å². The van der Waals surface area contributed by atoms with Crippen LogP contribution >= 0.6 is 11.6 Å². The van der Waals surface area contributed by atoms with Crippen LogP contribution in [0.25, 0.3) is 10.9 Å². The highest BCUT2D eigenvalue weighted by Crippen LogP contribution is 2.26. The molecule has 1 fully saturated rings. The summed E-state index contributed by atoms with van der Waals surface area (Å²) in [7, 11) is 0. The summed E-state index contributed by atoms with van der Waals surface area (Å²) in [6.07, 6.45) is 2.64. The van der Waals surface area contributed by atoms with Crippen LogP contribution in [0.3, 0.4) is 0 Å². The van der Waals surface area contributed by atoms with Crippen molar-refractivity contribution in [1.29, 1.82) is 5.26 Å². The third kappa shape index (κ3) is 3.32. The van der Waals surface area contributed by atoms with Crippen molar-refractivity contribution in [3.05, 3.63) is 34.9 Å². The fourth-order valence-electron chi connectivity index (χ4n) is 2.75. The van der Waals surface area contributed by atoms with E-state index < -0.39 is 0 Å². The zero-order chi connectivity index (χ0) is 15.5. The standard InChI is InChI=1S/C17H19ClN4/c1-2-22(14-4-5-14)8-7-20-17-9-12(11-19)15-10-13(18)3-6-16(15)21-17/h3,6,9-10,14H,2,4-5,7-8H2,1H3,(H,20,21). The molecule has 0 unspecified atom stereocenters. The number of pyridine rings is 1. The number of nitriles is 1. The molecule has 1 heterocycles. The van der Waals surface area contributed by atoms with Gasteiger partial charge in [-0.15, -0.1) is 0 Å². The monoisotopic (exact) mass is 314 g/mol. The number of rotatable bonds is 6. The van der Waals surface area contributed by atoms with Crippen LogP contribution in [-0.4, -0.2) is 35.6 Å². The molecule has 2 aromatic rings. The summed E-state index contributed by atoms with van der Waals surface area (Å²) in [5.41, 5.74) is 1.39. The molecule has 0 amide bonds. The molecular formula is C17H19ClN4. The summed E-state index contributed by atoms with van der Waals surface area (Å²) < 4.78 is 0. The third-order valence-electron chi connectivity index (χ3n) is 4.07. The molecule has 1 aliphatic rings. The first-order valence-electron chi connectivity index (χ1n) is 7.69. The molecule has 4 nitrogen and oxygen atoms in total. The third-order valence-corrected chi connectivity index (χ3v) is 4.30. The van der Waals surface area contributed by atoms with Crippen LogP contribution in [0.5, 0.6) is 0 Å². The number of aromatic nitrogens is 1. The average Bonchev–Trinajstić information content (AvgIpc) is 3.36. The highest BCUT2D eigenvalue weighted by Gasteiger charge is 2.27. The number of nitrogens with zero attached hydrogens (tertiary/aromatic N) is 3. The Balaban J connectivity index is 1.73. The van der Waals surface area contributed by atoms with Crippen molar-refractivity contribution in [2.45, 2.75) is 25.8 Å². The lowest BCUT2D eigenvalue weighted by Crippen LogP contribution is -2.31. The van der Waals surface area contributed by atoms with E-state index in [-0.39, 0.29) is 0 Å². The summed E-state index contributed by atoms with van der Waals surface area (Å²) in [4.78, 5) is 7.05. The predicted octanol–water partition coefficient (Wildman–Crippen LogP) is 3.66. The van der Waals surface area contributed by atoms with Gasteiger partial charge in [-0.25, -0.2) is 4.98 Å². The first kappa shape index (κ1) is 15.1. The van der Waals surface area contributed by atoms with Crippen LogP contribution in [0.1, 0.15) is 25.3 Å². The predicted molar refractivity (Wildman–Crippen MR) is 90.2 cm³/mol. The first-order valence-corrected chi connectivity index (χ1v) is 8.07. The van der Waals surface area contributed by atoms with Crippen molar-refractivity contribution >= 4 is 28.3 Å². The van der Waals surface area contributed by atoms with Crippen molar-refractivity contribution in [3.63, 3.8) is 0 Å². The zero-order valence-electron chi connectivity index (χ0n) is 12.6. The molecule has 1 N–H and O–H groups in total. The van der Waals surface area contributed by atoms with Gasteiger partial charge < -0.3 is 5.32 Å². The fourth-order valence-corrected chi connectivity index (χ4v) is 2.92. The van der Waals surface area contributed by atoms with Gasteiger partial charge in [0.25, 0.3) is 0 Å². The quantitative estimate of drug-likeness (QED) is 0.884. The summed E-state index contributed by atoms with van der Waals surface area (Å²) in [6.45, 7) is 5.12. The Morgan fingerprint density at radius 3 is 2.91 bits per heavy atom. The smallest absolute Gasteiger partial charge is 0.128 e. The highest BCUT2D eigenvalue weighted by molar-refractivity contribution is 6.31. The van der Waals surface area contributed by atoms with E-state index in [0.29, 0.717) is 10.6 Å². The van der Waals surface area contributed by atoms with Gasteiger partial charge in [0.2, 0.25) is 0 Å². The molecule has 1 aliphatic carbocycles. The lowest BCUT2D eigenvalue weighted by molar-refractivity contribution is 0.289. The van der Waals surface area contributed by atoms with E-state index in [2.05, 4.69) is 28.2 Å².